The van der Waals surface area contributed by atoms with Gasteiger partial charge >= 0.3 is 12.1 Å². The molecule has 0 aromatic heterocycles. The molecule has 2 N–H and O–H groups in total. The van der Waals surface area contributed by atoms with Crippen LogP contribution in [0.3, 0.4) is 0 Å². The van der Waals surface area contributed by atoms with Crippen LogP contribution in [0, 0.1) is 0 Å². The number of aliphatic carboxylic acids is 1. The van der Waals surface area contributed by atoms with Crippen LogP contribution in [-0.2, 0) is 14.3 Å². The molecule has 2 aromatic carbocycles. The van der Waals surface area contributed by atoms with Gasteiger partial charge in [0, 0.05) is 5.92 Å². The maximum absolute atomic E-state index is 12.2. The first-order chi connectivity index (χ1) is 13.6. The van der Waals surface area contributed by atoms with Gasteiger partial charge in [0.2, 0.25) is 0 Å². The summed E-state index contributed by atoms with van der Waals surface area (Å²) in [6.45, 7) is 0.0971. The van der Waals surface area contributed by atoms with E-state index in [1.807, 2.05) is 36.4 Å². The van der Waals surface area contributed by atoms with Crippen LogP contribution >= 0.6 is 0 Å². The average molecular weight is 381 g/mol. The van der Waals surface area contributed by atoms with E-state index < -0.39 is 18.1 Å². The van der Waals surface area contributed by atoms with Crippen LogP contribution in [0.4, 0.5) is 4.79 Å². The van der Waals surface area contributed by atoms with E-state index in [4.69, 9.17) is 9.47 Å². The molecular formula is C22H23NO5. The predicted molar refractivity (Wildman–Crippen MR) is 103 cm³/mol. The number of fused-ring (bicyclic) bond motifs is 3. The van der Waals surface area contributed by atoms with Gasteiger partial charge in [0.15, 0.2) is 6.04 Å². The van der Waals surface area contributed by atoms with E-state index in [0.29, 0.717) is 0 Å². The molecule has 1 amide bonds. The summed E-state index contributed by atoms with van der Waals surface area (Å²) in [5, 5.41) is 11.7. The molecule has 1 saturated carbocycles. The molecule has 2 aromatic rings. The Kier molecular flexibility index (Phi) is 5.30. The van der Waals surface area contributed by atoms with Crippen molar-refractivity contribution in [1.82, 2.24) is 5.32 Å². The third-order valence-electron chi connectivity index (χ3n) is 5.48. The summed E-state index contributed by atoms with van der Waals surface area (Å²) in [5.41, 5.74) is 4.51. The van der Waals surface area contributed by atoms with E-state index in [1.54, 1.807) is 0 Å². The lowest BCUT2D eigenvalue weighted by molar-refractivity contribution is -0.142. The number of hydrogen-bond acceptors (Lipinski definition) is 4. The average Bonchev–Trinajstić information content (AvgIpc) is 2.98. The number of carboxylic acids is 1. The Bertz CT molecular complexity index is 831. The molecule has 28 heavy (non-hydrogen) atoms. The second-order valence-corrected chi connectivity index (χ2v) is 7.25. The summed E-state index contributed by atoms with van der Waals surface area (Å²) >= 11 is 0. The molecule has 0 bridgehead atoms. The largest absolute Gasteiger partial charge is 0.480 e. The van der Waals surface area contributed by atoms with Crippen molar-refractivity contribution >= 4 is 12.1 Å². The van der Waals surface area contributed by atoms with Gasteiger partial charge in [-0.15, -0.1) is 0 Å². The lowest BCUT2D eigenvalue weighted by Crippen LogP contribution is -2.45. The Morgan fingerprint density at radius 1 is 1.04 bits per heavy atom. The van der Waals surface area contributed by atoms with Gasteiger partial charge in [0.25, 0.3) is 0 Å². The van der Waals surface area contributed by atoms with Crippen molar-refractivity contribution in [3.8, 4) is 11.1 Å². The molecule has 0 radical (unpaired) electrons. The van der Waals surface area contributed by atoms with Gasteiger partial charge < -0.3 is 19.9 Å². The van der Waals surface area contributed by atoms with Crippen LogP contribution in [0.2, 0.25) is 0 Å². The highest BCUT2D eigenvalue weighted by Crippen LogP contribution is 2.44. The maximum atomic E-state index is 12.2. The first-order valence-electron chi connectivity index (χ1n) is 9.59. The molecule has 0 aliphatic heterocycles. The van der Waals surface area contributed by atoms with Crippen molar-refractivity contribution in [2.75, 3.05) is 13.2 Å². The number of carbonyl (C=O) groups is 2. The van der Waals surface area contributed by atoms with Crippen LogP contribution < -0.4 is 5.32 Å². The Morgan fingerprint density at radius 3 is 2.18 bits per heavy atom. The zero-order chi connectivity index (χ0) is 19.5. The van der Waals surface area contributed by atoms with Gasteiger partial charge in [-0.1, -0.05) is 48.5 Å². The number of nitrogens with one attached hydrogen (secondary N) is 1. The highest BCUT2D eigenvalue weighted by Gasteiger charge is 2.30. The van der Waals surface area contributed by atoms with E-state index in [1.165, 1.54) is 0 Å². The van der Waals surface area contributed by atoms with Crippen molar-refractivity contribution in [2.45, 2.75) is 37.3 Å². The van der Waals surface area contributed by atoms with E-state index >= 15 is 0 Å². The molecule has 1 fully saturated rings. The minimum absolute atomic E-state index is 0.0514. The van der Waals surface area contributed by atoms with Crippen LogP contribution in [0.5, 0.6) is 0 Å². The summed E-state index contributed by atoms with van der Waals surface area (Å²) in [5.74, 6) is -1.19. The lowest BCUT2D eigenvalue weighted by Gasteiger charge is -2.27. The molecule has 0 heterocycles. The molecular weight excluding hydrogens is 358 g/mol. The zero-order valence-corrected chi connectivity index (χ0v) is 15.5. The minimum atomic E-state index is -1.13. The first kappa shape index (κ1) is 18.5. The van der Waals surface area contributed by atoms with Gasteiger partial charge in [-0.25, -0.2) is 9.59 Å². The molecule has 4 rings (SSSR count). The summed E-state index contributed by atoms with van der Waals surface area (Å²) in [4.78, 5) is 23.6. The third-order valence-corrected chi connectivity index (χ3v) is 5.48. The van der Waals surface area contributed by atoms with E-state index in [9.17, 15) is 14.7 Å². The number of hydrogen-bond donors (Lipinski definition) is 2. The quantitative estimate of drug-likeness (QED) is 0.766. The van der Waals surface area contributed by atoms with Crippen molar-refractivity contribution in [3.05, 3.63) is 59.7 Å². The standard InChI is InChI=1S/C22H23NO5/c24-21(25)20(13-27-14-6-5-7-14)23-22(26)28-12-19-17-10-3-1-8-15(17)16-9-2-4-11-18(16)19/h1-4,8-11,14,19-20H,5-7,12-13H2,(H,23,26)(H,24,25)/t20-/m0/s1. The van der Waals surface area contributed by atoms with E-state index in [0.717, 1.165) is 41.5 Å². The first-order valence-corrected chi connectivity index (χ1v) is 9.59. The molecule has 0 saturated heterocycles. The van der Waals surface area contributed by atoms with Crippen molar-refractivity contribution < 1.29 is 24.2 Å². The monoisotopic (exact) mass is 381 g/mol. The Morgan fingerprint density at radius 2 is 1.64 bits per heavy atom. The smallest absolute Gasteiger partial charge is 0.407 e. The fourth-order valence-corrected chi connectivity index (χ4v) is 3.73. The van der Waals surface area contributed by atoms with Gasteiger partial charge in [-0.05, 0) is 41.5 Å². The summed E-state index contributed by atoms with van der Waals surface area (Å²) in [6.07, 6.45) is 2.34. The summed E-state index contributed by atoms with van der Waals surface area (Å²) < 4.78 is 10.9. The van der Waals surface area contributed by atoms with Crippen LogP contribution in [-0.4, -0.2) is 42.5 Å². The number of rotatable bonds is 7. The summed E-state index contributed by atoms with van der Waals surface area (Å²) in [7, 11) is 0. The number of alkyl carbamates (subject to hydrolysis) is 1. The van der Waals surface area contributed by atoms with E-state index in [2.05, 4.69) is 17.4 Å². The lowest BCUT2D eigenvalue weighted by atomic mass is 9.96. The number of amides is 1. The Hall–Kier alpha value is -2.86. The second kappa shape index (κ2) is 8.02. The molecule has 0 unspecified atom stereocenters. The highest BCUT2D eigenvalue weighted by atomic mass is 16.6. The SMILES string of the molecule is O=C(N[C@@H](COC1CCC1)C(=O)O)OCC1c2ccccc2-c2ccccc21. The number of benzene rings is 2. The molecule has 0 spiro atoms. The van der Waals surface area contributed by atoms with Gasteiger partial charge in [0.1, 0.15) is 6.61 Å². The summed E-state index contributed by atoms with van der Waals surface area (Å²) in [6, 6.07) is 15.0. The maximum Gasteiger partial charge on any atom is 0.407 e. The highest BCUT2D eigenvalue weighted by molar-refractivity contribution is 5.81. The predicted octanol–water partition coefficient (Wildman–Crippen LogP) is 3.55. The van der Waals surface area contributed by atoms with Crippen molar-refractivity contribution in [2.24, 2.45) is 0 Å². The van der Waals surface area contributed by atoms with Crippen molar-refractivity contribution in [1.29, 1.82) is 0 Å². The number of carboxylic acid groups (broad SMARTS) is 1. The zero-order valence-electron chi connectivity index (χ0n) is 15.5. The van der Waals surface area contributed by atoms with Gasteiger partial charge in [0.05, 0.1) is 12.7 Å². The second-order valence-electron chi connectivity index (χ2n) is 7.25. The fourth-order valence-electron chi connectivity index (χ4n) is 3.73. The number of ether oxygens (including phenoxy) is 2. The van der Waals surface area contributed by atoms with Crippen LogP contribution in [0.1, 0.15) is 36.3 Å². The third kappa shape index (κ3) is 3.73. The minimum Gasteiger partial charge on any atom is -0.480 e. The van der Waals surface area contributed by atoms with Crippen LogP contribution in [0.15, 0.2) is 48.5 Å². The fraction of sp³-hybridized carbons (Fsp3) is 0.364. The molecule has 6 nitrogen and oxygen atoms in total. The molecule has 2 aliphatic rings. The molecule has 146 valence electrons. The van der Waals surface area contributed by atoms with Crippen LogP contribution in [0.25, 0.3) is 11.1 Å². The normalized spacial score (nSPS) is 16.6. The van der Waals surface area contributed by atoms with Gasteiger partial charge in [-0.3, -0.25) is 0 Å². The van der Waals surface area contributed by atoms with Crippen molar-refractivity contribution in [3.63, 3.8) is 0 Å². The Labute approximate surface area is 163 Å². The molecule has 6 heteroatoms. The van der Waals surface area contributed by atoms with E-state index in [-0.39, 0.29) is 25.2 Å². The molecule has 2 aliphatic carbocycles. The van der Waals surface area contributed by atoms with Gasteiger partial charge in [-0.2, -0.15) is 0 Å². The topological polar surface area (TPSA) is 84.9 Å². The molecule has 1 atom stereocenters. The Balaban J connectivity index is 1.38. The number of carbonyl (C=O) groups excluding carboxylic acids is 1.